The lowest BCUT2D eigenvalue weighted by atomic mass is 9.99. The first kappa shape index (κ1) is 18.7. The number of aryl methyl sites for hydroxylation is 1. The quantitative estimate of drug-likeness (QED) is 0.714. The Balaban J connectivity index is 2.08. The van der Waals surface area contributed by atoms with Gasteiger partial charge in [0.2, 0.25) is 0 Å². The van der Waals surface area contributed by atoms with Crippen LogP contribution in [0.1, 0.15) is 42.2 Å². The molecule has 0 unspecified atom stereocenters. The van der Waals surface area contributed by atoms with Gasteiger partial charge in [-0.2, -0.15) is 0 Å². The molecule has 0 aliphatic rings. The summed E-state index contributed by atoms with van der Waals surface area (Å²) in [5.74, 6) is -0.173. The number of nitrogens with zero attached hydrogens (tertiary/aromatic N) is 1. The number of sulfonamides is 1. The van der Waals surface area contributed by atoms with Crippen LogP contribution in [0.3, 0.4) is 0 Å². The van der Waals surface area contributed by atoms with E-state index in [1.54, 1.807) is 36.0 Å². The standard InChI is InChI=1S/C16H20BrN3O3S/c1-4-11(2)12-5-7-14(8-6-12)24(22,23)19-18-16(21)15-9-13(17)10-20(15)3/h5-11,19H,4H2,1-3H3,(H,18,21)/t11-/m1/s1. The van der Waals surface area contributed by atoms with Crippen LogP contribution >= 0.6 is 15.9 Å². The maximum atomic E-state index is 12.3. The van der Waals surface area contributed by atoms with Crippen molar-refractivity contribution < 1.29 is 13.2 Å². The van der Waals surface area contributed by atoms with Crippen molar-refractivity contribution >= 4 is 31.9 Å². The van der Waals surface area contributed by atoms with Crippen LogP contribution in [0.5, 0.6) is 0 Å². The molecule has 8 heteroatoms. The van der Waals surface area contributed by atoms with Crippen molar-refractivity contribution in [3.63, 3.8) is 0 Å². The highest BCUT2D eigenvalue weighted by atomic mass is 79.9. The number of hydrazine groups is 1. The molecule has 130 valence electrons. The lowest BCUT2D eigenvalue weighted by Gasteiger charge is -2.11. The maximum Gasteiger partial charge on any atom is 0.282 e. The molecule has 0 saturated heterocycles. The van der Waals surface area contributed by atoms with Crippen molar-refractivity contribution in [3.8, 4) is 0 Å². The Kier molecular flexibility index (Phi) is 5.84. The van der Waals surface area contributed by atoms with Gasteiger partial charge in [0.05, 0.1) is 4.90 Å². The van der Waals surface area contributed by atoms with Crippen LogP contribution in [0, 0.1) is 0 Å². The largest absolute Gasteiger partial charge is 0.345 e. The molecular formula is C16H20BrN3O3S. The van der Waals surface area contributed by atoms with Crippen LogP contribution in [-0.2, 0) is 17.1 Å². The first-order valence-corrected chi connectivity index (χ1v) is 9.76. The van der Waals surface area contributed by atoms with Crippen LogP contribution in [-0.4, -0.2) is 18.9 Å². The predicted octanol–water partition coefficient (Wildman–Crippen LogP) is 2.92. The fraction of sp³-hybridized carbons (Fsp3) is 0.312. The molecule has 24 heavy (non-hydrogen) atoms. The van der Waals surface area contributed by atoms with E-state index in [9.17, 15) is 13.2 Å². The molecule has 1 aromatic carbocycles. The molecule has 6 nitrogen and oxygen atoms in total. The number of carbonyl (C=O) groups is 1. The number of rotatable bonds is 6. The Labute approximate surface area is 150 Å². The van der Waals surface area contributed by atoms with E-state index >= 15 is 0 Å². The van der Waals surface area contributed by atoms with Crippen LogP contribution in [0.4, 0.5) is 0 Å². The summed E-state index contributed by atoms with van der Waals surface area (Å²) in [6.07, 6.45) is 2.68. The first-order chi connectivity index (χ1) is 11.2. The van der Waals surface area contributed by atoms with E-state index in [1.807, 2.05) is 0 Å². The highest BCUT2D eigenvalue weighted by Gasteiger charge is 2.17. The fourth-order valence-electron chi connectivity index (χ4n) is 2.20. The van der Waals surface area contributed by atoms with Crippen molar-refractivity contribution in [2.45, 2.75) is 31.1 Å². The smallest absolute Gasteiger partial charge is 0.282 e. The minimum Gasteiger partial charge on any atom is -0.345 e. The van der Waals surface area contributed by atoms with Crippen molar-refractivity contribution in [1.82, 2.24) is 14.8 Å². The van der Waals surface area contributed by atoms with Gasteiger partial charge in [-0.3, -0.25) is 10.2 Å². The average molecular weight is 414 g/mol. The highest BCUT2D eigenvalue weighted by Crippen LogP contribution is 2.20. The molecule has 0 bridgehead atoms. The van der Waals surface area contributed by atoms with Crippen molar-refractivity contribution in [1.29, 1.82) is 0 Å². The number of carbonyl (C=O) groups excluding carboxylic acids is 1. The summed E-state index contributed by atoms with van der Waals surface area (Å²) in [5, 5.41) is 0. The molecule has 0 radical (unpaired) electrons. The summed E-state index contributed by atoms with van der Waals surface area (Å²) in [4.78, 5) is 14.3. The van der Waals surface area contributed by atoms with Gasteiger partial charge in [-0.1, -0.05) is 26.0 Å². The minimum atomic E-state index is -3.82. The number of hydrogen-bond acceptors (Lipinski definition) is 3. The number of nitrogens with one attached hydrogen (secondary N) is 2. The second kappa shape index (κ2) is 7.50. The van der Waals surface area contributed by atoms with Crippen LogP contribution in [0.2, 0.25) is 0 Å². The number of halogens is 1. The number of aromatic nitrogens is 1. The molecule has 0 fully saturated rings. The van der Waals surface area contributed by atoms with E-state index in [-0.39, 0.29) is 4.90 Å². The third kappa shape index (κ3) is 4.25. The first-order valence-electron chi connectivity index (χ1n) is 7.48. The summed E-state index contributed by atoms with van der Waals surface area (Å²) in [7, 11) is -2.13. The number of amides is 1. The molecule has 0 aliphatic carbocycles. The van der Waals surface area contributed by atoms with Gasteiger partial charge in [0, 0.05) is 17.7 Å². The normalized spacial score (nSPS) is 12.8. The van der Waals surface area contributed by atoms with Gasteiger partial charge >= 0.3 is 0 Å². The van der Waals surface area contributed by atoms with Gasteiger partial charge in [0.15, 0.2) is 0 Å². The Morgan fingerprint density at radius 1 is 1.29 bits per heavy atom. The molecule has 2 aromatic rings. The van der Waals surface area contributed by atoms with Gasteiger partial charge < -0.3 is 4.57 Å². The maximum absolute atomic E-state index is 12.3. The molecule has 2 rings (SSSR count). The highest BCUT2D eigenvalue weighted by molar-refractivity contribution is 9.10. The molecular weight excluding hydrogens is 394 g/mol. The zero-order chi connectivity index (χ0) is 17.9. The van der Waals surface area contributed by atoms with E-state index in [0.29, 0.717) is 11.6 Å². The molecule has 0 spiro atoms. The summed E-state index contributed by atoms with van der Waals surface area (Å²) in [5.41, 5.74) is 3.63. The molecule has 0 saturated carbocycles. The third-order valence-corrected chi connectivity index (χ3v) is 5.57. The molecule has 2 N–H and O–H groups in total. The average Bonchev–Trinajstić information content (AvgIpc) is 2.90. The third-order valence-electron chi connectivity index (χ3n) is 3.87. The molecule has 1 atom stereocenters. The SMILES string of the molecule is CC[C@@H](C)c1ccc(S(=O)(=O)NNC(=O)c2cc(Br)cn2C)cc1. The summed E-state index contributed by atoms with van der Waals surface area (Å²) in [6.45, 7) is 4.16. The van der Waals surface area contributed by atoms with Gasteiger partial charge in [-0.05, 0) is 52.0 Å². The van der Waals surface area contributed by atoms with E-state index in [4.69, 9.17) is 0 Å². The van der Waals surface area contributed by atoms with Gasteiger partial charge in [0.25, 0.3) is 15.9 Å². The lowest BCUT2D eigenvalue weighted by Crippen LogP contribution is -2.42. The number of benzene rings is 1. The van der Waals surface area contributed by atoms with Crippen molar-refractivity contribution in [2.24, 2.45) is 7.05 Å². The molecule has 1 heterocycles. The lowest BCUT2D eigenvalue weighted by molar-refractivity contribution is 0.0937. The van der Waals surface area contributed by atoms with Crippen LogP contribution in [0.15, 0.2) is 45.9 Å². The second-order valence-electron chi connectivity index (χ2n) is 5.59. The van der Waals surface area contributed by atoms with E-state index < -0.39 is 15.9 Å². The Bertz CT molecular complexity index is 829. The molecule has 1 aromatic heterocycles. The second-order valence-corrected chi connectivity index (χ2v) is 8.19. The number of hydrogen-bond donors (Lipinski definition) is 2. The Morgan fingerprint density at radius 3 is 2.42 bits per heavy atom. The zero-order valence-electron chi connectivity index (χ0n) is 13.7. The Morgan fingerprint density at radius 2 is 1.92 bits per heavy atom. The van der Waals surface area contributed by atoms with Crippen LogP contribution in [0.25, 0.3) is 0 Å². The van der Waals surface area contributed by atoms with E-state index in [1.165, 1.54) is 12.1 Å². The zero-order valence-corrected chi connectivity index (χ0v) is 16.1. The summed E-state index contributed by atoms with van der Waals surface area (Å²) in [6, 6.07) is 8.26. The summed E-state index contributed by atoms with van der Waals surface area (Å²) < 4.78 is 26.9. The van der Waals surface area contributed by atoms with Gasteiger partial charge in [-0.15, -0.1) is 4.83 Å². The molecule has 1 amide bonds. The van der Waals surface area contributed by atoms with Crippen molar-refractivity contribution in [3.05, 3.63) is 52.3 Å². The predicted molar refractivity (Wildman–Crippen MR) is 96.0 cm³/mol. The van der Waals surface area contributed by atoms with Crippen molar-refractivity contribution in [2.75, 3.05) is 0 Å². The molecule has 0 aliphatic heterocycles. The Hall–Kier alpha value is -1.64. The van der Waals surface area contributed by atoms with E-state index in [2.05, 4.69) is 40.0 Å². The van der Waals surface area contributed by atoms with Gasteiger partial charge in [0.1, 0.15) is 5.69 Å². The fourth-order valence-corrected chi connectivity index (χ4v) is 3.56. The van der Waals surface area contributed by atoms with E-state index in [0.717, 1.165) is 16.5 Å². The van der Waals surface area contributed by atoms with Gasteiger partial charge in [-0.25, -0.2) is 8.42 Å². The minimum absolute atomic E-state index is 0.0999. The topological polar surface area (TPSA) is 80.2 Å². The monoisotopic (exact) mass is 413 g/mol. The summed E-state index contributed by atoms with van der Waals surface area (Å²) >= 11 is 3.26. The van der Waals surface area contributed by atoms with Crippen LogP contribution < -0.4 is 10.3 Å².